The van der Waals surface area contributed by atoms with E-state index in [0.717, 1.165) is 0 Å². The first kappa shape index (κ1) is 14.1. The molecular weight excluding hydrogens is 220 g/mol. The Labute approximate surface area is 88.4 Å². The van der Waals surface area contributed by atoms with Gasteiger partial charge in [0.05, 0.1) is 12.3 Å². The molecular formula is C8H16O6Si. The first-order valence-electron chi connectivity index (χ1n) is 4.61. The molecule has 0 amide bonds. The van der Waals surface area contributed by atoms with E-state index in [9.17, 15) is 9.59 Å². The summed E-state index contributed by atoms with van der Waals surface area (Å²) in [6.07, 6.45) is 0.0514. The van der Waals surface area contributed by atoms with E-state index in [1.165, 1.54) is 6.55 Å². The SMILES string of the molecule is C[Si](O)(O)CCCC(CC(=O)O)C(=O)O. The maximum atomic E-state index is 10.6. The van der Waals surface area contributed by atoms with Crippen LogP contribution in [0, 0.1) is 5.92 Å². The van der Waals surface area contributed by atoms with Crippen LogP contribution < -0.4 is 0 Å². The lowest BCUT2D eigenvalue weighted by molar-refractivity contribution is -0.148. The average Bonchev–Trinajstić information content (AvgIpc) is 1.99. The van der Waals surface area contributed by atoms with Gasteiger partial charge in [-0.2, -0.15) is 0 Å². The standard InChI is InChI=1S/C8H16O6Si/c1-15(13,14)4-2-3-6(8(11)12)5-7(9)10/h6,13-14H,2-5H2,1H3,(H,9,10)(H,11,12). The smallest absolute Gasteiger partial charge is 0.329 e. The number of aliphatic carboxylic acids is 2. The fraction of sp³-hybridized carbons (Fsp3) is 0.750. The second kappa shape index (κ2) is 5.84. The highest BCUT2D eigenvalue weighted by molar-refractivity contribution is 6.63. The molecule has 7 heteroatoms. The third kappa shape index (κ3) is 8.10. The van der Waals surface area contributed by atoms with Crippen molar-refractivity contribution in [3.63, 3.8) is 0 Å². The Hall–Kier alpha value is -0.923. The van der Waals surface area contributed by atoms with Gasteiger partial charge in [0.1, 0.15) is 0 Å². The molecule has 0 aromatic carbocycles. The van der Waals surface area contributed by atoms with Crippen molar-refractivity contribution in [3.05, 3.63) is 0 Å². The van der Waals surface area contributed by atoms with Crippen molar-refractivity contribution < 1.29 is 29.4 Å². The Balaban J connectivity index is 3.98. The van der Waals surface area contributed by atoms with Crippen LogP contribution in [0.2, 0.25) is 12.6 Å². The lowest BCUT2D eigenvalue weighted by Gasteiger charge is -2.13. The molecule has 0 fully saturated rings. The zero-order valence-corrected chi connectivity index (χ0v) is 9.51. The maximum absolute atomic E-state index is 10.6. The molecule has 0 radical (unpaired) electrons. The van der Waals surface area contributed by atoms with Gasteiger partial charge in [0.25, 0.3) is 0 Å². The molecule has 1 unspecified atom stereocenters. The van der Waals surface area contributed by atoms with Gasteiger partial charge in [-0.1, -0.05) is 6.42 Å². The Morgan fingerprint density at radius 2 is 1.80 bits per heavy atom. The molecule has 0 aliphatic heterocycles. The van der Waals surface area contributed by atoms with Crippen molar-refractivity contribution in [2.75, 3.05) is 0 Å². The van der Waals surface area contributed by atoms with Crippen molar-refractivity contribution in [2.24, 2.45) is 5.92 Å². The van der Waals surface area contributed by atoms with E-state index in [0.29, 0.717) is 6.42 Å². The summed E-state index contributed by atoms with van der Waals surface area (Å²) in [4.78, 5) is 39.1. The van der Waals surface area contributed by atoms with Gasteiger partial charge in [0.2, 0.25) is 0 Å². The number of carbonyl (C=O) groups is 2. The lowest BCUT2D eigenvalue weighted by atomic mass is 10.0. The Bertz CT molecular complexity index is 234. The Morgan fingerprint density at radius 1 is 1.27 bits per heavy atom. The summed E-state index contributed by atoms with van der Waals surface area (Å²) in [6, 6.07) is 0.163. The number of carboxylic acid groups (broad SMARTS) is 2. The van der Waals surface area contributed by atoms with Crippen molar-refractivity contribution in [3.8, 4) is 0 Å². The van der Waals surface area contributed by atoms with Crippen LogP contribution in [-0.2, 0) is 9.59 Å². The topological polar surface area (TPSA) is 115 Å². The molecule has 0 bridgehead atoms. The number of carboxylic acids is 2. The van der Waals surface area contributed by atoms with Gasteiger partial charge in [0, 0.05) is 0 Å². The highest BCUT2D eigenvalue weighted by atomic mass is 28.4. The van der Waals surface area contributed by atoms with Crippen LogP contribution in [0.25, 0.3) is 0 Å². The summed E-state index contributed by atoms with van der Waals surface area (Å²) in [5.41, 5.74) is 0. The summed E-state index contributed by atoms with van der Waals surface area (Å²) in [5.74, 6) is -3.26. The number of rotatable bonds is 7. The summed E-state index contributed by atoms with van der Waals surface area (Å²) in [7, 11) is -3.14. The maximum Gasteiger partial charge on any atom is 0.329 e. The predicted molar refractivity (Wildman–Crippen MR) is 53.5 cm³/mol. The molecule has 0 heterocycles. The second-order valence-corrected chi connectivity index (χ2v) is 6.68. The molecule has 4 N–H and O–H groups in total. The minimum absolute atomic E-state index is 0.158. The van der Waals surface area contributed by atoms with E-state index in [4.69, 9.17) is 19.8 Å². The number of hydrogen-bond acceptors (Lipinski definition) is 4. The quantitative estimate of drug-likeness (QED) is 0.462. The molecule has 1 atom stereocenters. The van der Waals surface area contributed by atoms with E-state index in [2.05, 4.69) is 0 Å². The van der Waals surface area contributed by atoms with Crippen LogP contribution in [0.5, 0.6) is 0 Å². The molecule has 0 spiro atoms. The molecule has 0 saturated carbocycles. The third-order valence-corrected chi connectivity index (χ3v) is 3.27. The monoisotopic (exact) mass is 236 g/mol. The fourth-order valence-electron chi connectivity index (χ4n) is 1.21. The average molecular weight is 236 g/mol. The molecule has 0 aromatic rings. The summed E-state index contributed by atoms with van der Waals surface area (Å²) >= 11 is 0. The summed E-state index contributed by atoms with van der Waals surface area (Å²) in [6.45, 7) is 1.33. The molecule has 0 aliphatic rings. The first-order valence-corrected chi connectivity index (χ1v) is 7.22. The van der Waals surface area contributed by atoms with E-state index in [-0.39, 0.29) is 12.5 Å². The largest absolute Gasteiger partial charge is 0.481 e. The summed E-state index contributed by atoms with van der Waals surface area (Å²) in [5, 5.41) is 17.1. The molecule has 0 aliphatic carbocycles. The van der Waals surface area contributed by atoms with Gasteiger partial charge < -0.3 is 19.8 Å². The molecule has 15 heavy (non-hydrogen) atoms. The Kier molecular flexibility index (Phi) is 5.48. The van der Waals surface area contributed by atoms with Gasteiger partial charge in [-0.15, -0.1) is 0 Å². The van der Waals surface area contributed by atoms with Crippen LogP contribution in [0.15, 0.2) is 0 Å². The van der Waals surface area contributed by atoms with Gasteiger partial charge >= 0.3 is 20.5 Å². The zero-order chi connectivity index (χ0) is 12.1. The lowest BCUT2D eigenvalue weighted by Crippen LogP contribution is -2.29. The van der Waals surface area contributed by atoms with Crippen molar-refractivity contribution in [2.45, 2.75) is 31.9 Å². The minimum Gasteiger partial charge on any atom is -0.481 e. The highest BCUT2D eigenvalue weighted by Gasteiger charge is 2.24. The van der Waals surface area contributed by atoms with Crippen molar-refractivity contribution >= 4 is 20.5 Å². The van der Waals surface area contributed by atoms with Gasteiger partial charge in [-0.3, -0.25) is 9.59 Å². The van der Waals surface area contributed by atoms with Gasteiger partial charge in [0.15, 0.2) is 0 Å². The second-order valence-electron chi connectivity index (χ2n) is 3.74. The van der Waals surface area contributed by atoms with Crippen molar-refractivity contribution in [1.82, 2.24) is 0 Å². The van der Waals surface area contributed by atoms with Crippen molar-refractivity contribution in [1.29, 1.82) is 0 Å². The van der Waals surface area contributed by atoms with Crippen LogP contribution >= 0.6 is 0 Å². The zero-order valence-electron chi connectivity index (χ0n) is 8.51. The van der Waals surface area contributed by atoms with Gasteiger partial charge in [-0.05, 0) is 19.0 Å². The van der Waals surface area contributed by atoms with E-state index < -0.39 is 32.8 Å². The normalized spacial score (nSPS) is 13.5. The van der Waals surface area contributed by atoms with E-state index in [1.54, 1.807) is 0 Å². The van der Waals surface area contributed by atoms with Gasteiger partial charge in [-0.25, -0.2) is 0 Å². The van der Waals surface area contributed by atoms with Crippen LogP contribution in [0.3, 0.4) is 0 Å². The molecule has 0 saturated heterocycles. The van der Waals surface area contributed by atoms with Crippen LogP contribution in [0.4, 0.5) is 0 Å². The highest BCUT2D eigenvalue weighted by Crippen LogP contribution is 2.16. The van der Waals surface area contributed by atoms with E-state index >= 15 is 0 Å². The minimum atomic E-state index is -3.14. The Morgan fingerprint density at radius 3 is 2.13 bits per heavy atom. The summed E-state index contributed by atoms with van der Waals surface area (Å²) < 4.78 is 0. The van der Waals surface area contributed by atoms with Crippen LogP contribution in [-0.4, -0.2) is 40.3 Å². The third-order valence-electron chi connectivity index (χ3n) is 1.97. The molecule has 6 nitrogen and oxygen atoms in total. The predicted octanol–water partition coefficient (Wildman–Crippen LogP) is -0.00130. The molecule has 0 rings (SSSR count). The fourth-order valence-corrected chi connectivity index (χ4v) is 2.08. The van der Waals surface area contributed by atoms with Crippen LogP contribution in [0.1, 0.15) is 19.3 Å². The first-order chi connectivity index (χ1) is 6.72. The number of hydrogen-bond donors (Lipinski definition) is 4. The van der Waals surface area contributed by atoms with E-state index in [1.807, 2.05) is 0 Å². The molecule has 0 aromatic heterocycles. The molecule has 88 valence electrons.